The second-order valence-electron chi connectivity index (χ2n) is 4.81. The van der Waals surface area contributed by atoms with Crippen LogP contribution in [0.5, 0.6) is 0 Å². The fourth-order valence-corrected chi connectivity index (χ4v) is 2.31. The number of pyridine rings is 1. The highest BCUT2D eigenvalue weighted by Crippen LogP contribution is 2.16. The van der Waals surface area contributed by atoms with Gasteiger partial charge in [0.25, 0.3) is 0 Å². The van der Waals surface area contributed by atoms with Crippen molar-refractivity contribution >= 4 is 0 Å². The lowest BCUT2D eigenvalue weighted by atomic mass is 9.98. The molecule has 0 saturated carbocycles. The molecule has 2 rings (SSSR count). The Morgan fingerprint density at radius 1 is 1.50 bits per heavy atom. The summed E-state index contributed by atoms with van der Waals surface area (Å²) in [5.74, 6) is 0.680. The van der Waals surface area contributed by atoms with Crippen molar-refractivity contribution < 1.29 is 0 Å². The number of aryl methyl sites for hydroxylation is 1. The molecule has 2 heterocycles. The molecular formula is C13H21N3. The van der Waals surface area contributed by atoms with E-state index < -0.39 is 0 Å². The zero-order chi connectivity index (χ0) is 11.4. The molecular weight excluding hydrogens is 198 g/mol. The SMILES string of the molecule is Cc1ccc(CN2CCCC(CN)C2)nc1. The molecule has 3 nitrogen and oxygen atoms in total. The number of hydrogen-bond acceptors (Lipinski definition) is 3. The van der Waals surface area contributed by atoms with Crippen molar-refractivity contribution in [1.82, 2.24) is 9.88 Å². The van der Waals surface area contributed by atoms with Crippen LogP contribution in [0.4, 0.5) is 0 Å². The molecule has 1 unspecified atom stereocenters. The van der Waals surface area contributed by atoms with Gasteiger partial charge in [-0.25, -0.2) is 0 Å². The maximum absolute atomic E-state index is 5.74. The van der Waals surface area contributed by atoms with E-state index in [1.807, 2.05) is 6.20 Å². The van der Waals surface area contributed by atoms with E-state index in [9.17, 15) is 0 Å². The van der Waals surface area contributed by atoms with Gasteiger partial charge in [-0.15, -0.1) is 0 Å². The predicted octanol–water partition coefficient (Wildman–Crippen LogP) is 1.56. The molecule has 3 heteroatoms. The quantitative estimate of drug-likeness (QED) is 0.839. The van der Waals surface area contributed by atoms with Crippen LogP contribution < -0.4 is 5.73 Å². The monoisotopic (exact) mass is 219 g/mol. The summed E-state index contributed by atoms with van der Waals surface area (Å²) in [5.41, 5.74) is 8.13. The maximum atomic E-state index is 5.74. The van der Waals surface area contributed by atoms with E-state index in [4.69, 9.17) is 5.73 Å². The minimum absolute atomic E-state index is 0.680. The Balaban J connectivity index is 1.91. The van der Waals surface area contributed by atoms with Gasteiger partial charge in [-0.3, -0.25) is 9.88 Å². The highest BCUT2D eigenvalue weighted by Gasteiger charge is 2.18. The first-order valence-corrected chi connectivity index (χ1v) is 6.12. The molecule has 1 aliphatic rings. The van der Waals surface area contributed by atoms with Crippen molar-refractivity contribution in [1.29, 1.82) is 0 Å². The van der Waals surface area contributed by atoms with Crippen LogP contribution >= 0.6 is 0 Å². The maximum Gasteiger partial charge on any atom is 0.0544 e. The summed E-state index contributed by atoms with van der Waals surface area (Å²) >= 11 is 0. The summed E-state index contributed by atoms with van der Waals surface area (Å²) in [7, 11) is 0. The summed E-state index contributed by atoms with van der Waals surface area (Å²) < 4.78 is 0. The topological polar surface area (TPSA) is 42.1 Å². The van der Waals surface area contributed by atoms with Crippen LogP contribution in [-0.4, -0.2) is 29.5 Å². The van der Waals surface area contributed by atoms with Crippen molar-refractivity contribution in [3.63, 3.8) is 0 Å². The van der Waals surface area contributed by atoms with E-state index in [1.165, 1.54) is 30.6 Å². The first kappa shape index (κ1) is 11.6. The molecule has 0 spiro atoms. The molecule has 1 aliphatic heterocycles. The summed E-state index contributed by atoms with van der Waals surface area (Å²) in [4.78, 5) is 6.92. The summed E-state index contributed by atoms with van der Waals surface area (Å²) in [6.07, 6.45) is 4.50. The summed E-state index contributed by atoms with van der Waals surface area (Å²) in [6, 6.07) is 4.26. The van der Waals surface area contributed by atoms with E-state index >= 15 is 0 Å². The molecule has 0 amide bonds. The molecule has 1 atom stereocenters. The van der Waals surface area contributed by atoms with Gasteiger partial charge in [-0.2, -0.15) is 0 Å². The Bertz CT molecular complexity index is 320. The normalized spacial score (nSPS) is 22.2. The van der Waals surface area contributed by atoms with Crippen molar-refractivity contribution in [3.05, 3.63) is 29.6 Å². The van der Waals surface area contributed by atoms with E-state index in [0.717, 1.165) is 19.6 Å². The number of nitrogens with two attached hydrogens (primary N) is 1. The fraction of sp³-hybridized carbons (Fsp3) is 0.615. The van der Waals surface area contributed by atoms with E-state index in [-0.39, 0.29) is 0 Å². The van der Waals surface area contributed by atoms with E-state index in [2.05, 4.69) is 28.9 Å². The molecule has 0 bridgehead atoms. The lowest BCUT2D eigenvalue weighted by molar-refractivity contribution is 0.169. The molecule has 2 N–H and O–H groups in total. The Kier molecular flexibility index (Phi) is 3.91. The summed E-state index contributed by atoms with van der Waals surface area (Å²) in [5, 5.41) is 0. The zero-order valence-corrected chi connectivity index (χ0v) is 10.0. The van der Waals surface area contributed by atoms with Crippen molar-refractivity contribution in [2.24, 2.45) is 11.7 Å². The van der Waals surface area contributed by atoms with Crippen molar-refractivity contribution in [3.8, 4) is 0 Å². The molecule has 1 aromatic heterocycles. The average molecular weight is 219 g/mol. The molecule has 88 valence electrons. The average Bonchev–Trinajstić information content (AvgIpc) is 2.32. The second kappa shape index (κ2) is 5.41. The molecule has 1 saturated heterocycles. The van der Waals surface area contributed by atoms with Crippen molar-refractivity contribution in [2.45, 2.75) is 26.3 Å². The van der Waals surface area contributed by atoms with Gasteiger partial charge in [0.1, 0.15) is 0 Å². The fourth-order valence-electron chi connectivity index (χ4n) is 2.31. The highest BCUT2D eigenvalue weighted by molar-refractivity contribution is 5.12. The van der Waals surface area contributed by atoms with E-state index in [1.54, 1.807) is 0 Å². The first-order valence-electron chi connectivity index (χ1n) is 6.12. The van der Waals surface area contributed by atoms with Crippen LogP contribution in [0.3, 0.4) is 0 Å². The third-order valence-electron chi connectivity index (χ3n) is 3.29. The van der Waals surface area contributed by atoms with Gasteiger partial charge < -0.3 is 5.73 Å². The number of rotatable bonds is 3. The van der Waals surface area contributed by atoms with Gasteiger partial charge in [0.15, 0.2) is 0 Å². The number of piperidine rings is 1. The molecule has 0 radical (unpaired) electrons. The van der Waals surface area contributed by atoms with Gasteiger partial charge in [0, 0.05) is 19.3 Å². The third kappa shape index (κ3) is 3.03. The van der Waals surface area contributed by atoms with E-state index in [0.29, 0.717) is 5.92 Å². The number of aromatic nitrogens is 1. The predicted molar refractivity (Wildman–Crippen MR) is 66.0 cm³/mol. The summed E-state index contributed by atoms with van der Waals surface area (Å²) in [6.45, 7) is 6.18. The molecule has 0 aliphatic carbocycles. The third-order valence-corrected chi connectivity index (χ3v) is 3.29. The Morgan fingerprint density at radius 3 is 3.06 bits per heavy atom. The van der Waals surface area contributed by atoms with Gasteiger partial charge in [0.2, 0.25) is 0 Å². The number of hydrogen-bond donors (Lipinski definition) is 1. The standard InChI is InChI=1S/C13H21N3/c1-11-4-5-13(15-8-11)10-16-6-2-3-12(7-14)9-16/h4-5,8,12H,2-3,6-7,9-10,14H2,1H3. The Labute approximate surface area is 97.7 Å². The lowest BCUT2D eigenvalue weighted by Crippen LogP contribution is -2.38. The van der Waals surface area contributed by atoms with Crippen LogP contribution in [0.15, 0.2) is 18.3 Å². The van der Waals surface area contributed by atoms with Gasteiger partial charge in [0.05, 0.1) is 5.69 Å². The number of likely N-dealkylation sites (tertiary alicyclic amines) is 1. The smallest absolute Gasteiger partial charge is 0.0544 e. The lowest BCUT2D eigenvalue weighted by Gasteiger charge is -2.31. The first-order chi connectivity index (χ1) is 7.78. The van der Waals surface area contributed by atoms with Gasteiger partial charge >= 0.3 is 0 Å². The second-order valence-corrected chi connectivity index (χ2v) is 4.81. The molecule has 1 aromatic rings. The van der Waals surface area contributed by atoms with Crippen LogP contribution in [0.1, 0.15) is 24.1 Å². The van der Waals surface area contributed by atoms with Crippen LogP contribution in [0, 0.1) is 12.8 Å². The number of nitrogens with zero attached hydrogens (tertiary/aromatic N) is 2. The highest BCUT2D eigenvalue weighted by atomic mass is 15.1. The Hall–Kier alpha value is -0.930. The van der Waals surface area contributed by atoms with Crippen LogP contribution in [-0.2, 0) is 6.54 Å². The van der Waals surface area contributed by atoms with Crippen LogP contribution in [0.2, 0.25) is 0 Å². The molecule has 16 heavy (non-hydrogen) atoms. The van der Waals surface area contributed by atoms with Crippen LogP contribution in [0.25, 0.3) is 0 Å². The Morgan fingerprint density at radius 2 is 2.38 bits per heavy atom. The largest absolute Gasteiger partial charge is 0.330 e. The van der Waals surface area contributed by atoms with Crippen molar-refractivity contribution in [2.75, 3.05) is 19.6 Å². The molecule has 1 fully saturated rings. The zero-order valence-electron chi connectivity index (χ0n) is 10.0. The molecule has 0 aromatic carbocycles. The minimum Gasteiger partial charge on any atom is -0.330 e. The minimum atomic E-state index is 0.680. The van der Waals surface area contributed by atoms with Gasteiger partial charge in [-0.1, -0.05) is 6.07 Å². The van der Waals surface area contributed by atoms with Gasteiger partial charge in [-0.05, 0) is 50.4 Å².